The maximum atomic E-state index is 13.3. The Morgan fingerprint density at radius 3 is 2.54 bits per heavy atom. The van der Waals surface area contributed by atoms with Crippen molar-refractivity contribution in [3.05, 3.63) is 18.0 Å². The molecule has 142 valence electrons. The number of rotatable bonds is 4. The van der Waals surface area contributed by atoms with Crippen molar-refractivity contribution in [3.8, 4) is 10.6 Å². The zero-order valence-electron chi connectivity index (χ0n) is 13.8. The second-order valence-corrected chi connectivity index (χ2v) is 8.21. The summed E-state index contributed by atoms with van der Waals surface area (Å²) in [5, 5.41) is 3.24. The van der Waals surface area contributed by atoms with E-state index in [4.69, 9.17) is 5.73 Å². The fraction of sp³-hybridized carbons (Fsp3) is 0.500. The molecule has 1 aliphatic rings. The molecule has 7 nitrogen and oxygen atoms in total. The van der Waals surface area contributed by atoms with E-state index in [9.17, 15) is 17.7 Å². The summed E-state index contributed by atoms with van der Waals surface area (Å²) in [7, 11) is 0. The average molecular weight is 406 g/mol. The molecule has 12 heteroatoms. The van der Waals surface area contributed by atoms with E-state index in [0.717, 1.165) is 17.5 Å². The second kappa shape index (κ2) is 7.55. The number of nitrogen functional groups attached to an aromatic ring is 1. The SMILES string of the molecule is C[S+]([O-])N1CCC(Nc2ncc(C(F)(F)F)c(-c3cnc(N)s3)n2)CC1. The lowest BCUT2D eigenvalue weighted by molar-refractivity contribution is -0.137. The smallest absolute Gasteiger partial charge is 0.420 e. The van der Waals surface area contributed by atoms with Crippen LogP contribution in [0.3, 0.4) is 0 Å². The van der Waals surface area contributed by atoms with Crippen molar-refractivity contribution in [2.75, 3.05) is 30.4 Å². The standard InChI is InChI=1S/C14H17F3N6OS2/c1-26(24)23-4-2-8(3-5-23)21-13-20-6-9(14(15,16)17)11(22-13)10-7-19-12(18)25-10/h6-8H,2-5H2,1H3,(H2,18,19)(H,20,21,22). The predicted octanol–water partition coefficient (Wildman–Crippen LogP) is 2.37. The molecular weight excluding hydrogens is 389 g/mol. The van der Waals surface area contributed by atoms with Crippen molar-refractivity contribution in [2.45, 2.75) is 25.1 Å². The van der Waals surface area contributed by atoms with E-state index in [1.54, 1.807) is 6.26 Å². The summed E-state index contributed by atoms with van der Waals surface area (Å²) in [5.74, 6) is 0.121. The monoisotopic (exact) mass is 406 g/mol. The molecule has 1 atom stereocenters. The topological polar surface area (TPSA) is 103 Å². The Morgan fingerprint density at radius 2 is 2.00 bits per heavy atom. The zero-order chi connectivity index (χ0) is 18.9. The molecule has 2 aromatic rings. The Balaban J connectivity index is 1.81. The van der Waals surface area contributed by atoms with Gasteiger partial charge in [-0.15, -0.1) is 4.31 Å². The molecule has 1 saturated heterocycles. The van der Waals surface area contributed by atoms with Crippen molar-refractivity contribution in [1.29, 1.82) is 0 Å². The molecule has 0 saturated carbocycles. The number of hydrogen-bond donors (Lipinski definition) is 2. The molecule has 0 spiro atoms. The van der Waals surface area contributed by atoms with Gasteiger partial charge in [-0.05, 0) is 12.8 Å². The molecule has 0 aromatic carbocycles. The van der Waals surface area contributed by atoms with Crippen molar-refractivity contribution in [2.24, 2.45) is 0 Å². The fourth-order valence-electron chi connectivity index (χ4n) is 2.68. The molecule has 26 heavy (non-hydrogen) atoms. The molecule has 2 aromatic heterocycles. The lowest BCUT2D eigenvalue weighted by atomic mass is 10.1. The van der Waals surface area contributed by atoms with Gasteiger partial charge in [-0.3, -0.25) is 0 Å². The first-order valence-electron chi connectivity index (χ1n) is 7.75. The summed E-state index contributed by atoms with van der Waals surface area (Å²) in [6.07, 6.45) is 0.496. The number of nitrogens with two attached hydrogens (primary N) is 1. The van der Waals surface area contributed by atoms with E-state index < -0.39 is 23.1 Å². The largest absolute Gasteiger partial charge is 0.598 e. The van der Waals surface area contributed by atoms with Crippen LogP contribution in [-0.4, -0.2) is 49.2 Å². The molecule has 3 N–H and O–H groups in total. The van der Waals surface area contributed by atoms with Gasteiger partial charge in [0, 0.05) is 42.9 Å². The van der Waals surface area contributed by atoms with Gasteiger partial charge in [0.15, 0.2) is 5.13 Å². The highest BCUT2D eigenvalue weighted by atomic mass is 32.2. The minimum Gasteiger partial charge on any atom is -0.598 e. The number of halogens is 3. The van der Waals surface area contributed by atoms with Crippen LogP contribution in [0.4, 0.5) is 24.3 Å². The van der Waals surface area contributed by atoms with Crippen molar-refractivity contribution < 1.29 is 17.7 Å². The first-order chi connectivity index (χ1) is 12.2. The number of alkyl halides is 3. The Kier molecular flexibility index (Phi) is 5.55. The van der Waals surface area contributed by atoms with Gasteiger partial charge in [0.05, 0.1) is 10.6 Å². The molecule has 1 unspecified atom stereocenters. The first kappa shape index (κ1) is 19.1. The van der Waals surface area contributed by atoms with E-state index in [1.807, 2.05) is 4.31 Å². The van der Waals surface area contributed by atoms with Gasteiger partial charge in [0.25, 0.3) is 0 Å². The molecule has 3 rings (SSSR count). The third kappa shape index (κ3) is 4.37. The van der Waals surface area contributed by atoms with Crippen LogP contribution in [0.2, 0.25) is 0 Å². The van der Waals surface area contributed by atoms with E-state index in [0.29, 0.717) is 25.9 Å². The Bertz CT molecular complexity index is 761. The minimum atomic E-state index is -4.58. The quantitative estimate of drug-likeness (QED) is 0.752. The normalized spacial score (nSPS) is 18.0. The van der Waals surface area contributed by atoms with Gasteiger partial charge in [0.1, 0.15) is 11.8 Å². The molecule has 0 radical (unpaired) electrons. The van der Waals surface area contributed by atoms with E-state index in [1.165, 1.54) is 6.20 Å². The Morgan fingerprint density at radius 1 is 1.31 bits per heavy atom. The van der Waals surface area contributed by atoms with Crippen LogP contribution in [-0.2, 0) is 17.5 Å². The van der Waals surface area contributed by atoms with E-state index >= 15 is 0 Å². The number of nitrogens with zero attached hydrogens (tertiary/aromatic N) is 4. The number of thiazole rings is 1. The number of anilines is 2. The third-order valence-corrected chi connectivity index (χ3v) is 5.93. The molecule has 1 fully saturated rings. The van der Waals surface area contributed by atoms with Gasteiger partial charge in [-0.2, -0.15) is 13.2 Å². The van der Waals surface area contributed by atoms with Gasteiger partial charge < -0.3 is 15.6 Å². The predicted molar refractivity (Wildman–Crippen MR) is 94.8 cm³/mol. The molecular formula is C14H17F3N6OS2. The van der Waals surface area contributed by atoms with Crippen LogP contribution < -0.4 is 11.1 Å². The van der Waals surface area contributed by atoms with Crippen molar-refractivity contribution in [3.63, 3.8) is 0 Å². The number of hydrogen-bond acceptors (Lipinski definition) is 8. The second-order valence-electron chi connectivity index (χ2n) is 5.79. The highest BCUT2D eigenvalue weighted by Crippen LogP contribution is 2.38. The van der Waals surface area contributed by atoms with Gasteiger partial charge >= 0.3 is 6.18 Å². The minimum absolute atomic E-state index is 0.00548. The van der Waals surface area contributed by atoms with Crippen LogP contribution in [0.15, 0.2) is 12.4 Å². The first-order valence-corrected chi connectivity index (χ1v) is 10.1. The Hall–Kier alpha value is -1.63. The van der Waals surface area contributed by atoms with Crippen LogP contribution in [0.5, 0.6) is 0 Å². The number of nitrogens with one attached hydrogen (secondary N) is 1. The highest BCUT2D eigenvalue weighted by molar-refractivity contribution is 7.88. The van der Waals surface area contributed by atoms with Gasteiger partial charge in [-0.1, -0.05) is 11.3 Å². The molecule has 0 aliphatic carbocycles. The number of piperidine rings is 1. The highest BCUT2D eigenvalue weighted by Gasteiger charge is 2.36. The molecule has 1 aliphatic heterocycles. The molecule has 0 bridgehead atoms. The summed E-state index contributed by atoms with van der Waals surface area (Å²) >= 11 is -0.0834. The van der Waals surface area contributed by atoms with E-state index in [-0.39, 0.29) is 27.7 Å². The van der Waals surface area contributed by atoms with Crippen LogP contribution in [0.1, 0.15) is 18.4 Å². The number of aromatic nitrogens is 3. The van der Waals surface area contributed by atoms with Crippen molar-refractivity contribution >= 4 is 33.8 Å². The summed E-state index contributed by atoms with van der Waals surface area (Å²) in [5.41, 5.74) is 4.37. The van der Waals surface area contributed by atoms with Crippen LogP contribution >= 0.6 is 11.3 Å². The van der Waals surface area contributed by atoms with Crippen molar-refractivity contribution in [1.82, 2.24) is 19.3 Å². The zero-order valence-corrected chi connectivity index (χ0v) is 15.4. The maximum absolute atomic E-state index is 13.3. The fourth-order valence-corrected chi connectivity index (χ4v) is 4.10. The summed E-state index contributed by atoms with van der Waals surface area (Å²) in [4.78, 5) is 11.9. The van der Waals surface area contributed by atoms with Crippen LogP contribution in [0.25, 0.3) is 10.6 Å². The Labute approximate surface area is 155 Å². The average Bonchev–Trinajstić information content (AvgIpc) is 3.01. The third-order valence-electron chi connectivity index (χ3n) is 4.00. The lowest BCUT2D eigenvalue weighted by Gasteiger charge is -2.31. The van der Waals surface area contributed by atoms with Crippen LogP contribution in [0, 0.1) is 0 Å². The molecule has 3 heterocycles. The lowest BCUT2D eigenvalue weighted by Crippen LogP contribution is -2.42. The summed E-state index contributed by atoms with van der Waals surface area (Å²) in [6, 6.07) is 0.00548. The molecule has 0 amide bonds. The maximum Gasteiger partial charge on any atom is 0.420 e. The van der Waals surface area contributed by atoms with Gasteiger partial charge in [0.2, 0.25) is 5.95 Å². The summed E-state index contributed by atoms with van der Waals surface area (Å²) in [6.45, 7) is 1.28. The van der Waals surface area contributed by atoms with Gasteiger partial charge in [-0.25, -0.2) is 15.0 Å². The summed E-state index contributed by atoms with van der Waals surface area (Å²) < 4.78 is 53.1. The van der Waals surface area contributed by atoms with E-state index in [2.05, 4.69) is 20.3 Å².